The van der Waals surface area contributed by atoms with Gasteiger partial charge in [0.1, 0.15) is 5.82 Å². The van der Waals surface area contributed by atoms with Gasteiger partial charge in [-0.05, 0) is 42.7 Å². The molecule has 128 valence electrons. The van der Waals surface area contributed by atoms with Crippen LogP contribution in [0.5, 0.6) is 0 Å². The molecule has 5 nitrogen and oxygen atoms in total. The van der Waals surface area contributed by atoms with E-state index in [1.807, 2.05) is 55.6 Å². The first-order chi connectivity index (χ1) is 12.2. The van der Waals surface area contributed by atoms with Gasteiger partial charge in [-0.15, -0.1) is 0 Å². The molecule has 0 saturated heterocycles. The van der Waals surface area contributed by atoms with Crippen molar-refractivity contribution in [3.05, 3.63) is 76.7 Å². The second kappa shape index (κ2) is 8.44. The van der Waals surface area contributed by atoms with Crippen molar-refractivity contribution in [3.8, 4) is 0 Å². The van der Waals surface area contributed by atoms with Gasteiger partial charge in [-0.3, -0.25) is 4.98 Å². The summed E-state index contributed by atoms with van der Waals surface area (Å²) in [7, 11) is 0. The largest absolute Gasteiger partial charge is 0.370 e. The van der Waals surface area contributed by atoms with Crippen molar-refractivity contribution >= 4 is 23.4 Å². The van der Waals surface area contributed by atoms with E-state index >= 15 is 0 Å². The molecule has 2 heterocycles. The van der Waals surface area contributed by atoms with Gasteiger partial charge in [0, 0.05) is 42.3 Å². The molecule has 25 heavy (non-hydrogen) atoms. The molecule has 0 bridgehead atoms. The zero-order valence-corrected chi connectivity index (χ0v) is 14.8. The van der Waals surface area contributed by atoms with Crippen molar-refractivity contribution < 1.29 is 0 Å². The number of hydrogen-bond donors (Lipinski definition) is 2. The van der Waals surface area contributed by atoms with Crippen molar-refractivity contribution in [1.82, 2.24) is 15.0 Å². The molecule has 0 aliphatic heterocycles. The fraction of sp³-hybridized carbons (Fsp3) is 0.211. The van der Waals surface area contributed by atoms with Crippen LogP contribution in [0.3, 0.4) is 0 Å². The van der Waals surface area contributed by atoms with Crippen molar-refractivity contribution in [2.75, 3.05) is 17.2 Å². The van der Waals surface area contributed by atoms with Crippen LogP contribution in [-0.2, 0) is 13.0 Å². The van der Waals surface area contributed by atoms with Crippen LogP contribution in [0.15, 0.2) is 54.9 Å². The molecular weight excluding hydrogens is 334 g/mol. The van der Waals surface area contributed by atoms with Gasteiger partial charge in [0.15, 0.2) is 0 Å². The number of pyridine rings is 1. The van der Waals surface area contributed by atoms with Gasteiger partial charge in [0.2, 0.25) is 5.95 Å². The number of hydrogen-bond acceptors (Lipinski definition) is 5. The van der Waals surface area contributed by atoms with Crippen LogP contribution in [0.25, 0.3) is 0 Å². The molecule has 3 rings (SSSR count). The Bertz CT molecular complexity index is 806. The minimum absolute atomic E-state index is 0.609. The molecule has 0 unspecified atom stereocenters. The van der Waals surface area contributed by atoms with Crippen LogP contribution in [0.2, 0.25) is 5.02 Å². The second-order valence-electron chi connectivity index (χ2n) is 5.74. The number of benzene rings is 1. The summed E-state index contributed by atoms with van der Waals surface area (Å²) < 4.78 is 0. The van der Waals surface area contributed by atoms with E-state index < -0.39 is 0 Å². The Morgan fingerprint density at radius 3 is 2.60 bits per heavy atom. The van der Waals surface area contributed by atoms with E-state index in [4.69, 9.17) is 11.6 Å². The summed E-state index contributed by atoms with van der Waals surface area (Å²) in [5.41, 5.74) is 3.24. The molecule has 1 aromatic carbocycles. The number of halogens is 1. The number of aromatic nitrogens is 3. The van der Waals surface area contributed by atoms with E-state index in [0.717, 1.165) is 35.1 Å². The third-order valence-corrected chi connectivity index (χ3v) is 3.91. The van der Waals surface area contributed by atoms with Crippen molar-refractivity contribution in [1.29, 1.82) is 0 Å². The number of aryl methyl sites for hydroxylation is 1. The Kier molecular flexibility index (Phi) is 5.80. The van der Waals surface area contributed by atoms with Crippen LogP contribution in [0, 0.1) is 6.92 Å². The summed E-state index contributed by atoms with van der Waals surface area (Å²) in [6, 6.07) is 13.8. The lowest BCUT2D eigenvalue weighted by Crippen LogP contribution is -2.10. The number of anilines is 2. The van der Waals surface area contributed by atoms with Crippen LogP contribution in [-0.4, -0.2) is 21.5 Å². The zero-order valence-electron chi connectivity index (χ0n) is 14.0. The summed E-state index contributed by atoms with van der Waals surface area (Å²) in [5.74, 6) is 1.42. The van der Waals surface area contributed by atoms with Crippen LogP contribution >= 0.6 is 11.6 Å². The first-order valence-electron chi connectivity index (χ1n) is 8.16. The summed E-state index contributed by atoms with van der Waals surface area (Å²) >= 11 is 5.91. The number of nitrogens with zero attached hydrogens (tertiary/aromatic N) is 3. The Labute approximate surface area is 152 Å². The lowest BCUT2D eigenvalue weighted by molar-refractivity contribution is 0.980. The van der Waals surface area contributed by atoms with E-state index in [9.17, 15) is 0 Å². The number of nitrogens with one attached hydrogen (secondary N) is 2. The fourth-order valence-corrected chi connectivity index (χ4v) is 2.53. The average molecular weight is 354 g/mol. The van der Waals surface area contributed by atoms with Crippen LogP contribution in [0.1, 0.15) is 16.8 Å². The highest BCUT2D eigenvalue weighted by molar-refractivity contribution is 6.30. The average Bonchev–Trinajstić information content (AvgIpc) is 2.62. The monoisotopic (exact) mass is 353 g/mol. The summed E-state index contributed by atoms with van der Waals surface area (Å²) in [6.07, 6.45) is 4.49. The van der Waals surface area contributed by atoms with E-state index in [2.05, 4.69) is 25.6 Å². The third kappa shape index (κ3) is 5.43. The standard InChI is InChI=1S/C19H20ClN5/c1-14-11-18(22-10-8-15-4-6-17(20)7-5-15)25-19(24-14)23-13-16-3-2-9-21-12-16/h2-7,9,11-12H,8,10,13H2,1H3,(H2,22,23,24,25). The molecule has 0 spiro atoms. The zero-order chi connectivity index (χ0) is 17.5. The maximum atomic E-state index is 5.91. The quantitative estimate of drug-likeness (QED) is 0.669. The van der Waals surface area contributed by atoms with Gasteiger partial charge in [0.05, 0.1) is 0 Å². The molecule has 3 aromatic rings. The Morgan fingerprint density at radius 1 is 1.00 bits per heavy atom. The molecule has 0 atom stereocenters. The molecule has 0 amide bonds. The molecule has 0 fully saturated rings. The van der Waals surface area contributed by atoms with Crippen molar-refractivity contribution in [2.24, 2.45) is 0 Å². The lowest BCUT2D eigenvalue weighted by Gasteiger charge is -2.10. The Morgan fingerprint density at radius 2 is 1.84 bits per heavy atom. The van der Waals surface area contributed by atoms with E-state index in [1.165, 1.54) is 5.56 Å². The van der Waals surface area contributed by atoms with Crippen LogP contribution < -0.4 is 10.6 Å². The first-order valence-corrected chi connectivity index (χ1v) is 8.53. The van der Waals surface area contributed by atoms with Crippen LogP contribution in [0.4, 0.5) is 11.8 Å². The van der Waals surface area contributed by atoms with E-state index in [-0.39, 0.29) is 0 Å². The molecule has 2 N–H and O–H groups in total. The Hall–Kier alpha value is -2.66. The maximum absolute atomic E-state index is 5.91. The minimum Gasteiger partial charge on any atom is -0.370 e. The SMILES string of the molecule is Cc1cc(NCCc2ccc(Cl)cc2)nc(NCc2cccnc2)n1. The topological polar surface area (TPSA) is 62.7 Å². The van der Waals surface area contributed by atoms with Gasteiger partial charge in [0.25, 0.3) is 0 Å². The van der Waals surface area contributed by atoms with Crippen molar-refractivity contribution in [2.45, 2.75) is 19.9 Å². The third-order valence-electron chi connectivity index (χ3n) is 3.66. The van der Waals surface area contributed by atoms with Gasteiger partial charge < -0.3 is 10.6 Å². The van der Waals surface area contributed by atoms with Gasteiger partial charge in [-0.1, -0.05) is 29.8 Å². The highest BCUT2D eigenvalue weighted by atomic mass is 35.5. The highest BCUT2D eigenvalue weighted by Gasteiger charge is 2.03. The molecule has 6 heteroatoms. The highest BCUT2D eigenvalue weighted by Crippen LogP contribution is 2.12. The molecule has 0 aliphatic carbocycles. The summed E-state index contributed by atoms with van der Waals surface area (Å²) in [6.45, 7) is 3.39. The fourth-order valence-electron chi connectivity index (χ4n) is 2.41. The first kappa shape index (κ1) is 17.2. The number of rotatable bonds is 7. The van der Waals surface area contributed by atoms with Gasteiger partial charge in [-0.25, -0.2) is 4.98 Å². The molecule has 2 aromatic heterocycles. The minimum atomic E-state index is 0.609. The molecule has 0 aliphatic rings. The van der Waals surface area contributed by atoms with Crippen molar-refractivity contribution in [3.63, 3.8) is 0 Å². The van der Waals surface area contributed by atoms with E-state index in [1.54, 1.807) is 6.20 Å². The normalized spacial score (nSPS) is 10.5. The Balaban J connectivity index is 1.56. The van der Waals surface area contributed by atoms with Gasteiger partial charge >= 0.3 is 0 Å². The molecular formula is C19H20ClN5. The summed E-state index contributed by atoms with van der Waals surface area (Å²) in [4.78, 5) is 13.1. The molecule has 0 radical (unpaired) electrons. The smallest absolute Gasteiger partial charge is 0.225 e. The van der Waals surface area contributed by atoms with Gasteiger partial charge in [-0.2, -0.15) is 4.98 Å². The predicted molar refractivity (Wildman–Crippen MR) is 102 cm³/mol. The summed E-state index contributed by atoms with van der Waals surface area (Å²) in [5, 5.41) is 7.35. The second-order valence-corrected chi connectivity index (χ2v) is 6.17. The predicted octanol–water partition coefficient (Wildman–Crippen LogP) is 4.10. The lowest BCUT2D eigenvalue weighted by atomic mass is 10.1. The maximum Gasteiger partial charge on any atom is 0.225 e. The van der Waals surface area contributed by atoms with E-state index in [0.29, 0.717) is 12.5 Å². The molecule has 0 saturated carbocycles.